The summed E-state index contributed by atoms with van der Waals surface area (Å²) in [5.74, 6) is -2.08. The molecule has 0 aromatic heterocycles. The minimum absolute atomic E-state index is 0.00847. The van der Waals surface area contributed by atoms with Crippen LogP contribution in [-0.2, 0) is 4.79 Å². The summed E-state index contributed by atoms with van der Waals surface area (Å²) in [5.41, 5.74) is 1.62. The minimum atomic E-state index is -0.999. The molecule has 0 radical (unpaired) electrons. The molecule has 0 unspecified atom stereocenters. The van der Waals surface area contributed by atoms with Crippen LogP contribution in [0.15, 0.2) is 34.9 Å². The number of rotatable bonds is 10. The van der Waals surface area contributed by atoms with E-state index in [2.05, 4.69) is 6.08 Å². The monoisotopic (exact) mass is 522 g/mol. The molecule has 0 heterocycles. The second-order valence-electron chi connectivity index (χ2n) is 12.4. The maximum Gasteiger partial charge on any atom is 0.330 e. The van der Waals surface area contributed by atoms with E-state index in [1.165, 1.54) is 0 Å². The molecule has 1 saturated carbocycles. The van der Waals surface area contributed by atoms with Gasteiger partial charge >= 0.3 is 5.97 Å². The number of carboxylic acid groups (broad SMARTS) is 1. The van der Waals surface area contributed by atoms with Crippen LogP contribution in [0.25, 0.3) is 0 Å². The van der Waals surface area contributed by atoms with Gasteiger partial charge in [0, 0.05) is 29.2 Å². The van der Waals surface area contributed by atoms with E-state index in [1.54, 1.807) is 19.9 Å². The van der Waals surface area contributed by atoms with Crippen molar-refractivity contribution >= 4 is 5.97 Å². The molecule has 37 heavy (non-hydrogen) atoms. The van der Waals surface area contributed by atoms with Crippen molar-refractivity contribution in [3.05, 3.63) is 34.9 Å². The molecule has 212 valence electrons. The van der Waals surface area contributed by atoms with Crippen molar-refractivity contribution in [3.63, 3.8) is 0 Å². The number of allylic oxidation sites excluding steroid dienone is 3. The SMILES string of the molecule is CC1=C[C@@]2(C)[C@H]([C@@H](C)[C@H](O)C[C@H]2O)[C@@H](/C=C(\C)C(=O)O)[C@@H]1/C(C)=C/C[C@H](O)C[C@@H](O)[C@@H](C)[C@@H](O)C(C)C. The summed E-state index contributed by atoms with van der Waals surface area (Å²) in [6.45, 7) is 15.1. The minimum Gasteiger partial charge on any atom is -0.478 e. The van der Waals surface area contributed by atoms with Crippen LogP contribution in [0.5, 0.6) is 0 Å². The Labute approximate surface area is 222 Å². The van der Waals surface area contributed by atoms with E-state index < -0.39 is 41.9 Å². The summed E-state index contributed by atoms with van der Waals surface area (Å²) >= 11 is 0. The molecule has 0 aliphatic heterocycles. The standard InChI is InChI=1S/C30H50O7/c1-15(2)28(35)20(7)23(32)12-21(31)10-9-16(3)26-18(5)14-30(8)25(34)13-24(33)19(6)27(30)22(26)11-17(4)29(36)37/h9,11,14-15,19-28,31-35H,10,12-13H2,1-8H3,(H,36,37)/b16-9+,17-11+/t19-,20+,21-,22-,23+,24+,25+,26+,27+,28-,30+/m0/s1. The summed E-state index contributed by atoms with van der Waals surface area (Å²) in [5, 5.41) is 62.8. The van der Waals surface area contributed by atoms with Crippen molar-refractivity contribution in [1.82, 2.24) is 0 Å². The highest BCUT2D eigenvalue weighted by Crippen LogP contribution is 2.57. The summed E-state index contributed by atoms with van der Waals surface area (Å²) in [6.07, 6.45) is 2.86. The predicted molar refractivity (Wildman–Crippen MR) is 145 cm³/mol. The first-order chi connectivity index (χ1) is 17.0. The maximum absolute atomic E-state index is 11.8. The first kappa shape index (κ1) is 31.7. The van der Waals surface area contributed by atoms with Crippen molar-refractivity contribution < 1.29 is 35.4 Å². The Bertz CT molecular complexity index is 890. The molecule has 0 aromatic carbocycles. The number of aliphatic hydroxyl groups excluding tert-OH is 5. The number of carboxylic acids is 1. The Morgan fingerprint density at radius 2 is 1.76 bits per heavy atom. The van der Waals surface area contributed by atoms with Crippen LogP contribution in [0.4, 0.5) is 0 Å². The third-order valence-electron chi connectivity index (χ3n) is 9.23. The van der Waals surface area contributed by atoms with E-state index in [0.717, 1.165) is 11.1 Å². The molecule has 0 amide bonds. The Morgan fingerprint density at radius 3 is 2.30 bits per heavy atom. The lowest BCUT2D eigenvalue weighted by Gasteiger charge is -2.56. The number of carbonyl (C=O) groups is 1. The first-order valence-electron chi connectivity index (χ1n) is 13.7. The van der Waals surface area contributed by atoms with Gasteiger partial charge in [0.15, 0.2) is 0 Å². The fraction of sp³-hybridized carbons (Fsp3) is 0.767. The molecule has 7 heteroatoms. The molecule has 0 saturated heterocycles. The molecule has 2 aliphatic rings. The molecule has 11 atom stereocenters. The summed E-state index contributed by atoms with van der Waals surface area (Å²) in [4.78, 5) is 11.8. The van der Waals surface area contributed by atoms with Gasteiger partial charge in [0.25, 0.3) is 0 Å². The zero-order chi connectivity index (χ0) is 28.4. The van der Waals surface area contributed by atoms with E-state index in [1.807, 2.05) is 47.6 Å². The fourth-order valence-electron chi connectivity index (χ4n) is 6.87. The molecule has 0 spiro atoms. The highest BCUT2D eigenvalue weighted by molar-refractivity contribution is 5.85. The van der Waals surface area contributed by atoms with Gasteiger partial charge in [-0.3, -0.25) is 0 Å². The summed E-state index contributed by atoms with van der Waals surface area (Å²) < 4.78 is 0. The lowest BCUT2D eigenvalue weighted by molar-refractivity contribution is -0.132. The Hall–Kier alpha value is -1.51. The van der Waals surface area contributed by atoms with Gasteiger partial charge in [0.1, 0.15) is 0 Å². The van der Waals surface area contributed by atoms with Crippen LogP contribution >= 0.6 is 0 Å². The molecule has 1 fully saturated rings. The summed E-state index contributed by atoms with van der Waals surface area (Å²) in [7, 11) is 0. The van der Waals surface area contributed by atoms with E-state index >= 15 is 0 Å². The second-order valence-corrected chi connectivity index (χ2v) is 12.4. The Morgan fingerprint density at radius 1 is 1.16 bits per heavy atom. The van der Waals surface area contributed by atoms with Gasteiger partial charge in [-0.25, -0.2) is 4.79 Å². The normalized spacial score (nSPS) is 36.4. The maximum atomic E-state index is 11.8. The quantitative estimate of drug-likeness (QED) is 0.190. The van der Waals surface area contributed by atoms with E-state index in [4.69, 9.17) is 0 Å². The van der Waals surface area contributed by atoms with Crippen molar-refractivity contribution in [2.24, 2.45) is 40.9 Å². The fourth-order valence-corrected chi connectivity index (χ4v) is 6.87. The van der Waals surface area contributed by atoms with Crippen LogP contribution in [0.1, 0.15) is 74.7 Å². The van der Waals surface area contributed by atoms with Gasteiger partial charge in [-0.05, 0) is 57.3 Å². The summed E-state index contributed by atoms with van der Waals surface area (Å²) in [6, 6.07) is 0. The zero-order valence-electron chi connectivity index (χ0n) is 23.8. The molecule has 2 aliphatic carbocycles. The molecular weight excluding hydrogens is 472 g/mol. The Balaban J connectivity index is 2.37. The van der Waals surface area contributed by atoms with Gasteiger partial charge < -0.3 is 30.6 Å². The topological polar surface area (TPSA) is 138 Å². The molecule has 7 nitrogen and oxygen atoms in total. The number of aliphatic hydroxyl groups is 5. The average Bonchev–Trinajstić information content (AvgIpc) is 2.79. The molecule has 0 aromatic rings. The van der Waals surface area contributed by atoms with Crippen molar-refractivity contribution in [3.8, 4) is 0 Å². The van der Waals surface area contributed by atoms with E-state index in [0.29, 0.717) is 6.42 Å². The van der Waals surface area contributed by atoms with Crippen LogP contribution in [0, 0.1) is 40.9 Å². The Kier molecular flexibility index (Phi) is 10.8. The lowest BCUT2D eigenvalue weighted by atomic mass is 9.50. The number of hydrogen-bond donors (Lipinski definition) is 6. The van der Waals surface area contributed by atoms with Gasteiger partial charge in [0.05, 0.1) is 30.5 Å². The zero-order valence-corrected chi connectivity index (χ0v) is 23.8. The second kappa shape index (κ2) is 12.6. The van der Waals surface area contributed by atoms with E-state index in [-0.39, 0.29) is 53.9 Å². The predicted octanol–water partition coefficient (Wildman–Crippen LogP) is 3.70. The molecule has 6 N–H and O–H groups in total. The van der Waals surface area contributed by atoms with E-state index in [9.17, 15) is 35.4 Å². The third-order valence-corrected chi connectivity index (χ3v) is 9.23. The van der Waals surface area contributed by atoms with Crippen LogP contribution in [0.3, 0.4) is 0 Å². The van der Waals surface area contributed by atoms with Gasteiger partial charge in [0.2, 0.25) is 0 Å². The molecule has 2 rings (SSSR count). The first-order valence-corrected chi connectivity index (χ1v) is 13.7. The number of hydrogen-bond acceptors (Lipinski definition) is 6. The third kappa shape index (κ3) is 6.93. The van der Waals surface area contributed by atoms with Gasteiger partial charge in [-0.1, -0.05) is 64.0 Å². The lowest BCUT2D eigenvalue weighted by Crippen LogP contribution is -2.56. The molecule has 0 bridgehead atoms. The largest absolute Gasteiger partial charge is 0.478 e. The van der Waals surface area contributed by atoms with Crippen molar-refractivity contribution in [1.29, 1.82) is 0 Å². The van der Waals surface area contributed by atoms with Crippen LogP contribution < -0.4 is 0 Å². The number of fused-ring (bicyclic) bond motifs is 1. The highest BCUT2D eigenvalue weighted by Gasteiger charge is 2.55. The van der Waals surface area contributed by atoms with Crippen molar-refractivity contribution in [2.45, 2.75) is 105 Å². The smallest absolute Gasteiger partial charge is 0.330 e. The average molecular weight is 523 g/mol. The molecular formula is C30H50O7. The van der Waals surface area contributed by atoms with Crippen LogP contribution in [-0.4, -0.2) is 67.1 Å². The van der Waals surface area contributed by atoms with Crippen LogP contribution in [0.2, 0.25) is 0 Å². The highest BCUT2D eigenvalue weighted by atomic mass is 16.4. The van der Waals surface area contributed by atoms with Crippen molar-refractivity contribution in [2.75, 3.05) is 0 Å². The van der Waals surface area contributed by atoms with Gasteiger partial charge in [-0.2, -0.15) is 0 Å². The number of aliphatic carboxylic acids is 1. The van der Waals surface area contributed by atoms with Gasteiger partial charge in [-0.15, -0.1) is 0 Å².